The first-order chi connectivity index (χ1) is 11.8. The third-order valence-corrected chi connectivity index (χ3v) is 4.38. The van der Waals surface area contributed by atoms with Crippen LogP contribution in [-0.4, -0.2) is 44.8 Å². The molecular formula is C19H29IN4O. The lowest BCUT2D eigenvalue weighted by molar-refractivity contribution is 0.114. The Hall–Kier alpha value is -1.28. The minimum absolute atomic E-state index is 0. The van der Waals surface area contributed by atoms with Gasteiger partial charge >= 0.3 is 0 Å². The molecule has 2 aliphatic heterocycles. The Labute approximate surface area is 167 Å². The molecule has 0 bridgehead atoms. The first-order valence-corrected chi connectivity index (χ1v) is 8.98. The predicted octanol–water partition coefficient (Wildman–Crippen LogP) is 2.91. The van der Waals surface area contributed by atoms with Crippen LogP contribution in [0, 0.1) is 0 Å². The highest BCUT2D eigenvalue weighted by Crippen LogP contribution is 2.19. The van der Waals surface area contributed by atoms with Crippen molar-refractivity contribution < 1.29 is 4.74 Å². The van der Waals surface area contributed by atoms with Crippen molar-refractivity contribution in [2.24, 2.45) is 4.99 Å². The first kappa shape index (κ1) is 20.0. The molecule has 2 aliphatic rings. The maximum atomic E-state index is 5.66. The maximum Gasteiger partial charge on any atom is 0.191 e. The van der Waals surface area contributed by atoms with Crippen molar-refractivity contribution in [1.82, 2.24) is 10.6 Å². The summed E-state index contributed by atoms with van der Waals surface area (Å²) in [5.74, 6) is 0.862. The van der Waals surface area contributed by atoms with Gasteiger partial charge in [-0.1, -0.05) is 24.3 Å². The van der Waals surface area contributed by atoms with Gasteiger partial charge in [-0.25, -0.2) is 4.99 Å². The van der Waals surface area contributed by atoms with E-state index in [1.165, 1.54) is 11.3 Å². The van der Waals surface area contributed by atoms with Crippen LogP contribution in [0.15, 0.2) is 41.4 Å². The van der Waals surface area contributed by atoms with E-state index in [0.717, 1.165) is 51.6 Å². The van der Waals surface area contributed by atoms with Crippen LogP contribution in [0.25, 0.3) is 0 Å². The third kappa shape index (κ3) is 6.18. The summed E-state index contributed by atoms with van der Waals surface area (Å²) in [4.78, 5) is 7.07. The zero-order valence-electron chi connectivity index (χ0n) is 14.9. The van der Waals surface area contributed by atoms with Crippen LogP contribution in [-0.2, 0) is 11.3 Å². The average molecular weight is 456 g/mol. The molecule has 1 saturated heterocycles. The third-order valence-electron chi connectivity index (χ3n) is 4.38. The molecule has 1 unspecified atom stereocenters. The van der Waals surface area contributed by atoms with Gasteiger partial charge in [0, 0.05) is 38.5 Å². The van der Waals surface area contributed by atoms with Gasteiger partial charge in [0.05, 0.1) is 12.6 Å². The summed E-state index contributed by atoms with van der Waals surface area (Å²) in [5.41, 5.74) is 2.50. The Morgan fingerprint density at radius 1 is 1.28 bits per heavy atom. The molecule has 1 aromatic carbocycles. The molecule has 3 rings (SSSR count). The molecule has 1 aromatic rings. The Kier molecular flexibility index (Phi) is 8.54. The van der Waals surface area contributed by atoms with Crippen molar-refractivity contribution in [2.45, 2.75) is 32.4 Å². The molecule has 0 spiro atoms. The molecule has 0 saturated carbocycles. The van der Waals surface area contributed by atoms with Gasteiger partial charge in [-0.2, -0.15) is 0 Å². The SMILES string of the molecule is CCNC(=NCc1cccc(N2CC=CC2)c1)NCC1CCCO1.I. The van der Waals surface area contributed by atoms with Crippen molar-refractivity contribution >= 4 is 35.6 Å². The molecule has 0 aliphatic carbocycles. The monoisotopic (exact) mass is 456 g/mol. The number of benzene rings is 1. The van der Waals surface area contributed by atoms with E-state index < -0.39 is 0 Å². The van der Waals surface area contributed by atoms with E-state index >= 15 is 0 Å². The molecule has 25 heavy (non-hydrogen) atoms. The van der Waals surface area contributed by atoms with Crippen LogP contribution in [0.4, 0.5) is 5.69 Å². The molecule has 2 heterocycles. The second-order valence-corrected chi connectivity index (χ2v) is 6.26. The predicted molar refractivity (Wildman–Crippen MR) is 115 cm³/mol. The van der Waals surface area contributed by atoms with Gasteiger partial charge in [-0.05, 0) is 37.5 Å². The molecule has 0 amide bonds. The zero-order valence-corrected chi connectivity index (χ0v) is 17.2. The number of rotatable bonds is 6. The van der Waals surface area contributed by atoms with Gasteiger partial charge in [0.2, 0.25) is 0 Å². The van der Waals surface area contributed by atoms with Gasteiger partial charge in [-0.15, -0.1) is 24.0 Å². The van der Waals surface area contributed by atoms with Crippen LogP contribution in [0.1, 0.15) is 25.3 Å². The van der Waals surface area contributed by atoms with Crippen molar-refractivity contribution in [3.63, 3.8) is 0 Å². The maximum absolute atomic E-state index is 5.66. The van der Waals surface area contributed by atoms with Gasteiger partial charge in [0.25, 0.3) is 0 Å². The Bertz CT molecular complexity index is 577. The number of halogens is 1. The summed E-state index contributed by atoms with van der Waals surface area (Å²) in [6.45, 7) is 7.33. The van der Waals surface area contributed by atoms with Crippen molar-refractivity contribution in [1.29, 1.82) is 0 Å². The van der Waals surface area contributed by atoms with E-state index in [1.54, 1.807) is 0 Å². The smallest absolute Gasteiger partial charge is 0.191 e. The number of nitrogens with one attached hydrogen (secondary N) is 2. The number of hydrogen-bond donors (Lipinski definition) is 2. The van der Waals surface area contributed by atoms with Crippen LogP contribution >= 0.6 is 24.0 Å². The lowest BCUT2D eigenvalue weighted by atomic mass is 10.2. The molecule has 0 radical (unpaired) electrons. The molecule has 1 fully saturated rings. The Morgan fingerprint density at radius 3 is 2.84 bits per heavy atom. The van der Waals surface area contributed by atoms with E-state index in [-0.39, 0.29) is 24.0 Å². The highest BCUT2D eigenvalue weighted by Gasteiger charge is 2.15. The second kappa shape index (κ2) is 10.7. The van der Waals surface area contributed by atoms with Crippen LogP contribution in [0.5, 0.6) is 0 Å². The summed E-state index contributed by atoms with van der Waals surface area (Å²) in [5, 5.41) is 6.71. The van der Waals surface area contributed by atoms with Crippen LogP contribution < -0.4 is 15.5 Å². The quantitative estimate of drug-likeness (QED) is 0.299. The van der Waals surface area contributed by atoms with E-state index in [4.69, 9.17) is 9.73 Å². The van der Waals surface area contributed by atoms with Crippen LogP contribution in [0.3, 0.4) is 0 Å². The second-order valence-electron chi connectivity index (χ2n) is 6.26. The molecule has 138 valence electrons. The topological polar surface area (TPSA) is 48.9 Å². The minimum Gasteiger partial charge on any atom is -0.376 e. The number of hydrogen-bond acceptors (Lipinski definition) is 3. The van der Waals surface area contributed by atoms with Gasteiger partial charge < -0.3 is 20.3 Å². The number of nitrogens with zero attached hydrogens (tertiary/aromatic N) is 2. The van der Waals surface area contributed by atoms with Gasteiger partial charge in [0.15, 0.2) is 5.96 Å². The summed E-state index contributed by atoms with van der Waals surface area (Å²) < 4.78 is 5.66. The number of anilines is 1. The molecule has 1 atom stereocenters. The van der Waals surface area contributed by atoms with Crippen molar-refractivity contribution in [2.75, 3.05) is 37.7 Å². The molecule has 2 N–H and O–H groups in total. The minimum atomic E-state index is 0. The lowest BCUT2D eigenvalue weighted by Gasteiger charge is -2.18. The summed E-state index contributed by atoms with van der Waals surface area (Å²) in [7, 11) is 0. The zero-order chi connectivity index (χ0) is 16.6. The van der Waals surface area contributed by atoms with Crippen molar-refractivity contribution in [3.05, 3.63) is 42.0 Å². The summed E-state index contributed by atoms with van der Waals surface area (Å²) in [6, 6.07) is 8.66. The number of guanidine groups is 1. The van der Waals surface area contributed by atoms with E-state index in [9.17, 15) is 0 Å². The number of ether oxygens (including phenoxy) is 1. The Balaban J connectivity index is 0.00000225. The average Bonchev–Trinajstić information content (AvgIpc) is 3.31. The molecule has 5 nitrogen and oxygen atoms in total. The fourth-order valence-corrected chi connectivity index (χ4v) is 3.07. The highest BCUT2D eigenvalue weighted by molar-refractivity contribution is 14.0. The van der Waals surface area contributed by atoms with Crippen LogP contribution in [0.2, 0.25) is 0 Å². The highest BCUT2D eigenvalue weighted by atomic mass is 127. The fourth-order valence-electron chi connectivity index (χ4n) is 3.07. The molecule has 0 aromatic heterocycles. The van der Waals surface area contributed by atoms with E-state index in [0.29, 0.717) is 12.6 Å². The molecular weight excluding hydrogens is 427 g/mol. The normalized spacial score (nSPS) is 19.8. The van der Waals surface area contributed by atoms with E-state index in [1.807, 2.05) is 0 Å². The van der Waals surface area contributed by atoms with Gasteiger partial charge in [0.1, 0.15) is 0 Å². The lowest BCUT2D eigenvalue weighted by Crippen LogP contribution is -2.41. The van der Waals surface area contributed by atoms with E-state index in [2.05, 4.69) is 58.9 Å². The van der Waals surface area contributed by atoms with Gasteiger partial charge in [-0.3, -0.25) is 0 Å². The summed E-state index contributed by atoms with van der Waals surface area (Å²) >= 11 is 0. The van der Waals surface area contributed by atoms with Crippen molar-refractivity contribution in [3.8, 4) is 0 Å². The molecule has 6 heteroatoms. The summed E-state index contributed by atoms with van der Waals surface area (Å²) in [6.07, 6.45) is 7.04. The standard InChI is InChI=1S/C19H28N4O.HI/c1-2-20-19(22-15-18-9-6-12-24-18)21-14-16-7-5-8-17(13-16)23-10-3-4-11-23;/h3-5,7-8,13,18H,2,6,9-12,14-15H2,1H3,(H2,20,21,22);1H. The first-order valence-electron chi connectivity index (χ1n) is 8.98. The fraction of sp³-hybridized carbons (Fsp3) is 0.526. The number of aliphatic imine (C=N–C) groups is 1. The largest absolute Gasteiger partial charge is 0.376 e. The Morgan fingerprint density at radius 2 is 2.12 bits per heavy atom.